The Labute approximate surface area is 152 Å². The SMILES string of the molecule is Nc1ncc(-c2ccc(Cl)cc2)c([C@H]2CCCN2C(=O)C2CCC2)n1. The maximum absolute atomic E-state index is 12.8. The number of carbonyl (C=O) groups excluding carboxylic acids is 1. The van der Waals surface area contributed by atoms with E-state index in [-0.39, 0.29) is 23.8 Å². The number of anilines is 1. The molecule has 2 N–H and O–H groups in total. The molecule has 2 heterocycles. The van der Waals surface area contributed by atoms with Crippen LogP contribution in [-0.4, -0.2) is 27.3 Å². The first-order valence-electron chi connectivity index (χ1n) is 8.82. The standard InChI is InChI=1S/C19H21ClN4O/c20-14-8-6-12(7-9-14)15-11-22-19(21)23-17(15)16-5-2-10-24(16)18(25)13-3-1-4-13/h6-9,11,13,16H,1-5,10H2,(H2,21,22,23)/t16-/m1/s1. The zero-order valence-electron chi connectivity index (χ0n) is 14.0. The number of amides is 1. The van der Waals surface area contributed by atoms with Gasteiger partial charge in [0.25, 0.3) is 0 Å². The predicted octanol–water partition coefficient (Wildman–Crippen LogP) is 3.84. The van der Waals surface area contributed by atoms with E-state index >= 15 is 0 Å². The highest BCUT2D eigenvalue weighted by atomic mass is 35.5. The summed E-state index contributed by atoms with van der Waals surface area (Å²) in [5.74, 6) is 0.711. The van der Waals surface area contributed by atoms with E-state index in [0.29, 0.717) is 5.02 Å². The van der Waals surface area contributed by atoms with E-state index in [2.05, 4.69) is 9.97 Å². The molecule has 2 aromatic rings. The Hall–Kier alpha value is -2.14. The van der Waals surface area contributed by atoms with Crippen molar-refractivity contribution in [3.8, 4) is 11.1 Å². The third-order valence-corrected chi connectivity index (χ3v) is 5.55. The van der Waals surface area contributed by atoms with Gasteiger partial charge in [-0.1, -0.05) is 30.2 Å². The van der Waals surface area contributed by atoms with Crippen LogP contribution in [0.4, 0.5) is 5.95 Å². The molecule has 0 bridgehead atoms. The fourth-order valence-electron chi connectivity index (χ4n) is 3.72. The Bertz CT molecular complexity index is 789. The van der Waals surface area contributed by atoms with Crippen LogP contribution in [-0.2, 0) is 4.79 Å². The Balaban J connectivity index is 1.72. The molecule has 6 heteroatoms. The monoisotopic (exact) mass is 356 g/mol. The van der Waals surface area contributed by atoms with Crippen LogP contribution >= 0.6 is 11.6 Å². The van der Waals surface area contributed by atoms with E-state index in [1.165, 1.54) is 0 Å². The molecule has 0 unspecified atom stereocenters. The predicted molar refractivity (Wildman–Crippen MR) is 97.9 cm³/mol. The Morgan fingerprint density at radius 1 is 1.16 bits per heavy atom. The second kappa shape index (κ2) is 6.64. The number of likely N-dealkylation sites (tertiary alicyclic amines) is 1. The Morgan fingerprint density at radius 3 is 2.60 bits per heavy atom. The molecular formula is C19H21ClN4O. The van der Waals surface area contributed by atoms with Crippen molar-refractivity contribution in [1.29, 1.82) is 0 Å². The van der Waals surface area contributed by atoms with Crippen molar-refractivity contribution >= 4 is 23.5 Å². The van der Waals surface area contributed by atoms with Gasteiger partial charge >= 0.3 is 0 Å². The summed E-state index contributed by atoms with van der Waals surface area (Å²) < 4.78 is 0. The van der Waals surface area contributed by atoms with E-state index in [1.807, 2.05) is 29.2 Å². The number of nitrogen functional groups attached to an aromatic ring is 1. The molecule has 1 saturated carbocycles. The molecule has 1 amide bonds. The summed E-state index contributed by atoms with van der Waals surface area (Å²) in [7, 11) is 0. The van der Waals surface area contributed by atoms with Crippen molar-refractivity contribution in [2.75, 3.05) is 12.3 Å². The van der Waals surface area contributed by atoms with Crippen LogP contribution in [0.25, 0.3) is 11.1 Å². The van der Waals surface area contributed by atoms with E-state index < -0.39 is 0 Å². The fraction of sp³-hybridized carbons (Fsp3) is 0.421. The molecule has 4 rings (SSSR count). The fourth-order valence-corrected chi connectivity index (χ4v) is 3.85. The number of rotatable bonds is 3. The van der Waals surface area contributed by atoms with Crippen LogP contribution in [0, 0.1) is 5.92 Å². The van der Waals surface area contributed by atoms with Gasteiger partial charge in [-0.3, -0.25) is 4.79 Å². The lowest BCUT2D eigenvalue weighted by molar-refractivity contribution is -0.139. The lowest BCUT2D eigenvalue weighted by Gasteiger charge is -2.33. The van der Waals surface area contributed by atoms with Gasteiger partial charge in [0.05, 0.1) is 11.7 Å². The molecule has 1 aliphatic heterocycles. The number of nitrogens with two attached hydrogens (primary N) is 1. The second-order valence-corrected chi connectivity index (χ2v) is 7.29. The summed E-state index contributed by atoms with van der Waals surface area (Å²) in [6.45, 7) is 0.796. The molecule has 2 fully saturated rings. The third kappa shape index (κ3) is 3.09. The van der Waals surface area contributed by atoms with Gasteiger partial charge in [0.2, 0.25) is 11.9 Å². The zero-order valence-corrected chi connectivity index (χ0v) is 14.7. The largest absolute Gasteiger partial charge is 0.368 e. The topological polar surface area (TPSA) is 72.1 Å². The minimum atomic E-state index is -0.0240. The number of benzene rings is 1. The summed E-state index contributed by atoms with van der Waals surface area (Å²) in [5, 5.41) is 0.685. The van der Waals surface area contributed by atoms with Crippen molar-refractivity contribution in [1.82, 2.24) is 14.9 Å². The lowest BCUT2D eigenvalue weighted by Crippen LogP contribution is -2.38. The molecule has 0 radical (unpaired) electrons. The first-order chi connectivity index (χ1) is 12.1. The van der Waals surface area contributed by atoms with Gasteiger partial charge < -0.3 is 10.6 Å². The third-order valence-electron chi connectivity index (χ3n) is 5.30. The van der Waals surface area contributed by atoms with Gasteiger partial charge in [0, 0.05) is 29.2 Å². The smallest absolute Gasteiger partial charge is 0.226 e. The van der Waals surface area contributed by atoms with Crippen LogP contribution in [0.1, 0.15) is 43.8 Å². The number of nitrogens with zero attached hydrogens (tertiary/aromatic N) is 3. The molecule has 1 aromatic carbocycles. The van der Waals surface area contributed by atoms with Crippen LogP contribution in [0.3, 0.4) is 0 Å². The van der Waals surface area contributed by atoms with Gasteiger partial charge in [-0.05, 0) is 43.4 Å². The van der Waals surface area contributed by atoms with Gasteiger partial charge in [-0.2, -0.15) is 0 Å². The van der Waals surface area contributed by atoms with Crippen molar-refractivity contribution in [2.24, 2.45) is 5.92 Å². The molecule has 2 aliphatic rings. The first kappa shape index (κ1) is 16.3. The first-order valence-corrected chi connectivity index (χ1v) is 9.20. The molecule has 1 saturated heterocycles. The van der Waals surface area contributed by atoms with Gasteiger partial charge in [-0.15, -0.1) is 0 Å². The van der Waals surface area contributed by atoms with Gasteiger partial charge in [0.1, 0.15) is 0 Å². The van der Waals surface area contributed by atoms with Crippen LogP contribution in [0.5, 0.6) is 0 Å². The van der Waals surface area contributed by atoms with Gasteiger partial charge in [0.15, 0.2) is 0 Å². The van der Waals surface area contributed by atoms with Crippen LogP contribution in [0.15, 0.2) is 30.5 Å². The number of halogens is 1. The molecule has 130 valence electrons. The van der Waals surface area contributed by atoms with Crippen molar-refractivity contribution < 1.29 is 4.79 Å². The lowest BCUT2D eigenvalue weighted by atomic mass is 9.84. The minimum absolute atomic E-state index is 0.0240. The van der Waals surface area contributed by atoms with Crippen molar-refractivity contribution in [3.63, 3.8) is 0 Å². The highest BCUT2D eigenvalue weighted by Crippen LogP contribution is 2.39. The van der Waals surface area contributed by atoms with Crippen molar-refractivity contribution in [3.05, 3.63) is 41.2 Å². The molecule has 5 nitrogen and oxygen atoms in total. The molecule has 1 aliphatic carbocycles. The Morgan fingerprint density at radius 2 is 1.92 bits per heavy atom. The quantitative estimate of drug-likeness (QED) is 0.906. The van der Waals surface area contributed by atoms with Crippen LogP contribution < -0.4 is 5.73 Å². The number of hydrogen-bond acceptors (Lipinski definition) is 4. The second-order valence-electron chi connectivity index (χ2n) is 6.85. The number of hydrogen-bond donors (Lipinski definition) is 1. The average Bonchev–Trinajstić information content (AvgIpc) is 3.03. The molecule has 0 spiro atoms. The summed E-state index contributed by atoms with van der Waals surface area (Å²) in [6, 6.07) is 7.58. The maximum atomic E-state index is 12.8. The van der Waals surface area contributed by atoms with E-state index in [1.54, 1.807) is 6.20 Å². The summed E-state index contributed by atoms with van der Waals surface area (Å²) in [4.78, 5) is 23.5. The normalized spacial score (nSPS) is 20.5. The van der Waals surface area contributed by atoms with E-state index in [0.717, 1.165) is 55.5 Å². The van der Waals surface area contributed by atoms with Crippen LogP contribution in [0.2, 0.25) is 5.02 Å². The highest BCUT2D eigenvalue weighted by Gasteiger charge is 2.37. The highest BCUT2D eigenvalue weighted by molar-refractivity contribution is 6.30. The van der Waals surface area contributed by atoms with E-state index in [4.69, 9.17) is 17.3 Å². The number of carbonyl (C=O) groups is 1. The Kier molecular flexibility index (Phi) is 4.34. The average molecular weight is 357 g/mol. The minimum Gasteiger partial charge on any atom is -0.368 e. The summed E-state index contributed by atoms with van der Waals surface area (Å²) in [5.41, 5.74) is 8.63. The maximum Gasteiger partial charge on any atom is 0.226 e. The molecular weight excluding hydrogens is 336 g/mol. The number of aromatic nitrogens is 2. The summed E-state index contributed by atoms with van der Waals surface area (Å²) in [6.07, 6.45) is 6.84. The van der Waals surface area contributed by atoms with Crippen molar-refractivity contribution in [2.45, 2.75) is 38.1 Å². The molecule has 1 aromatic heterocycles. The zero-order chi connectivity index (χ0) is 17.4. The molecule has 25 heavy (non-hydrogen) atoms. The van der Waals surface area contributed by atoms with E-state index in [9.17, 15) is 4.79 Å². The van der Waals surface area contributed by atoms with Gasteiger partial charge in [-0.25, -0.2) is 9.97 Å². The molecule has 1 atom stereocenters. The summed E-state index contributed by atoms with van der Waals surface area (Å²) >= 11 is 6.01.